The van der Waals surface area contributed by atoms with Gasteiger partial charge >= 0.3 is 6.03 Å². The molecule has 0 bridgehead atoms. The van der Waals surface area contributed by atoms with E-state index in [9.17, 15) is 4.79 Å². The second-order valence-electron chi connectivity index (χ2n) is 3.37. The quantitative estimate of drug-likeness (QED) is 0.540. The van der Waals surface area contributed by atoms with Crippen LogP contribution in [0, 0.1) is 0 Å². The average Bonchev–Trinajstić information content (AvgIpc) is 2.48. The molecule has 5 heteroatoms. The highest BCUT2D eigenvalue weighted by Crippen LogP contribution is 2.35. The number of hydrogen-bond acceptors (Lipinski definition) is 3. The summed E-state index contributed by atoms with van der Waals surface area (Å²) in [5.74, 6) is 1.17. The molecular weight excluding hydrogens is 186 g/mol. The summed E-state index contributed by atoms with van der Waals surface area (Å²) in [6.45, 7) is 2.13. The van der Waals surface area contributed by atoms with Crippen LogP contribution >= 0.6 is 11.8 Å². The van der Waals surface area contributed by atoms with Crippen molar-refractivity contribution in [3.63, 3.8) is 0 Å². The van der Waals surface area contributed by atoms with Crippen molar-refractivity contribution in [1.29, 1.82) is 0 Å². The zero-order valence-electron chi connectivity index (χ0n) is 7.99. The Morgan fingerprint density at radius 3 is 2.92 bits per heavy atom. The maximum atomic E-state index is 10.6. The fourth-order valence-corrected chi connectivity index (χ4v) is 2.33. The minimum atomic E-state index is -0.525. The SMILES string of the molecule is CN(/N=C/C1(C)CCCS1)C(N)=O. The molecule has 0 aliphatic carbocycles. The molecule has 1 aliphatic heterocycles. The first kappa shape index (κ1) is 10.4. The molecular formula is C8H15N3OS. The van der Waals surface area contributed by atoms with Crippen molar-refractivity contribution in [2.75, 3.05) is 12.8 Å². The van der Waals surface area contributed by atoms with Gasteiger partial charge in [-0.2, -0.15) is 5.10 Å². The van der Waals surface area contributed by atoms with Gasteiger partial charge in [-0.25, -0.2) is 9.80 Å². The number of primary amides is 1. The molecule has 1 unspecified atom stereocenters. The van der Waals surface area contributed by atoms with E-state index >= 15 is 0 Å². The van der Waals surface area contributed by atoms with Gasteiger partial charge in [0.25, 0.3) is 0 Å². The smallest absolute Gasteiger partial charge is 0.334 e. The third kappa shape index (κ3) is 2.91. The Morgan fingerprint density at radius 2 is 2.46 bits per heavy atom. The molecule has 0 saturated carbocycles. The Balaban J connectivity index is 2.51. The summed E-state index contributed by atoms with van der Waals surface area (Å²) in [4.78, 5) is 10.6. The number of urea groups is 1. The summed E-state index contributed by atoms with van der Waals surface area (Å²) in [7, 11) is 1.56. The van der Waals surface area contributed by atoms with Crippen LogP contribution in [0.15, 0.2) is 5.10 Å². The molecule has 2 N–H and O–H groups in total. The zero-order valence-corrected chi connectivity index (χ0v) is 8.80. The lowest BCUT2D eigenvalue weighted by Gasteiger charge is -2.17. The Morgan fingerprint density at radius 1 is 1.77 bits per heavy atom. The number of carbonyl (C=O) groups excluding carboxylic acids is 1. The molecule has 0 spiro atoms. The van der Waals surface area contributed by atoms with Gasteiger partial charge in [0.1, 0.15) is 0 Å². The highest BCUT2D eigenvalue weighted by atomic mass is 32.2. The molecule has 0 aromatic rings. The van der Waals surface area contributed by atoms with E-state index in [0.29, 0.717) is 0 Å². The van der Waals surface area contributed by atoms with Crippen molar-refractivity contribution in [3.05, 3.63) is 0 Å². The number of hydrazone groups is 1. The molecule has 2 amide bonds. The van der Waals surface area contributed by atoms with Gasteiger partial charge in [0.15, 0.2) is 0 Å². The first-order valence-electron chi connectivity index (χ1n) is 4.26. The fourth-order valence-electron chi connectivity index (χ4n) is 1.17. The van der Waals surface area contributed by atoms with Gasteiger partial charge < -0.3 is 5.73 Å². The van der Waals surface area contributed by atoms with E-state index in [-0.39, 0.29) is 4.75 Å². The largest absolute Gasteiger partial charge is 0.350 e. The van der Waals surface area contributed by atoms with Crippen molar-refractivity contribution < 1.29 is 4.79 Å². The van der Waals surface area contributed by atoms with Crippen molar-refractivity contribution in [1.82, 2.24) is 5.01 Å². The minimum Gasteiger partial charge on any atom is -0.350 e. The Hall–Kier alpha value is -0.710. The van der Waals surface area contributed by atoms with Gasteiger partial charge in [0.05, 0.1) is 4.75 Å². The normalized spacial score (nSPS) is 28.2. The summed E-state index contributed by atoms with van der Waals surface area (Å²) in [6, 6.07) is -0.525. The highest BCUT2D eigenvalue weighted by Gasteiger charge is 2.27. The lowest BCUT2D eigenvalue weighted by molar-refractivity contribution is 0.220. The zero-order chi connectivity index (χ0) is 9.90. The second kappa shape index (κ2) is 4.00. The topological polar surface area (TPSA) is 58.7 Å². The van der Waals surface area contributed by atoms with Crippen LogP contribution < -0.4 is 5.73 Å². The number of hydrogen-bond donors (Lipinski definition) is 1. The third-order valence-electron chi connectivity index (χ3n) is 2.07. The van der Waals surface area contributed by atoms with Crippen LogP contribution in [0.25, 0.3) is 0 Å². The van der Waals surface area contributed by atoms with Gasteiger partial charge in [-0.15, -0.1) is 11.8 Å². The third-order valence-corrected chi connectivity index (χ3v) is 3.53. The number of carbonyl (C=O) groups is 1. The van der Waals surface area contributed by atoms with Crippen molar-refractivity contribution in [2.24, 2.45) is 10.8 Å². The highest BCUT2D eigenvalue weighted by molar-refractivity contribution is 8.01. The van der Waals surface area contributed by atoms with E-state index in [4.69, 9.17) is 5.73 Å². The van der Waals surface area contributed by atoms with Gasteiger partial charge in [-0.05, 0) is 25.5 Å². The molecule has 0 aromatic heterocycles. The summed E-state index contributed by atoms with van der Waals surface area (Å²) < 4.78 is 0.0870. The maximum absolute atomic E-state index is 10.6. The van der Waals surface area contributed by atoms with E-state index in [1.807, 2.05) is 18.0 Å². The standard InChI is InChI=1S/C8H15N3OS/c1-8(4-3-5-13-8)6-10-11(2)7(9)12/h6H,3-5H2,1-2H3,(H2,9,12)/b10-6+. The lowest BCUT2D eigenvalue weighted by atomic mass is 10.1. The molecule has 0 radical (unpaired) electrons. The van der Waals surface area contributed by atoms with Gasteiger partial charge in [-0.3, -0.25) is 0 Å². The van der Waals surface area contributed by atoms with Crippen molar-refractivity contribution >= 4 is 24.0 Å². The van der Waals surface area contributed by atoms with E-state index in [1.54, 1.807) is 7.05 Å². The second-order valence-corrected chi connectivity index (χ2v) is 5.00. The van der Waals surface area contributed by atoms with Crippen LogP contribution in [0.1, 0.15) is 19.8 Å². The summed E-state index contributed by atoms with van der Waals surface area (Å²) in [5, 5.41) is 5.15. The van der Waals surface area contributed by atoms with Crippen LogP contribution in [0.4, 0.5) is 4.79 Å². The molecule has 4 nitrogen and oxygen atoms in total. The van der Waals surface area contributed by atoms with E-state index in [0.717, 1.165) is 11.4 Å². The van der Waals surface area contributed by atoms with Gasteiger partial charge in [-0.1, -0.05) is 0 Å². The van der Waals surface area contributed by atoms with Gasteiger partial charge in [0, 0.05) is 13.3 Å². The number of nitrogens with two attached hydrogens (primary N) is 1. The van der Waals surface area contributed by atoms with E-state index < -0.39 is 6.03 Å². The van der Waals surface area contributed by atoms with Crippen LogP contribution in [-0.2, 0) is 0 Å². The molecule has 1 aliphatic rings. The summed E-state index contributed by atoms with van der Waals surface area (Å²) >= 11 is 1.87. The predicted molar refractivity (Wildman–Crippen MR) is 55.9 cm³/mol. The fraction of sp³-hybridized carbons (Fsp3) is 0.750. The van der Waals surface area contributed by atoms with E-state index in [1.165, 1.54) is 12.2 Å². The first-order chi connectivity index (χ1) is 6.03. The van der Waals surface area contributed by atoms with Crippen LogP contribution in [0.2, 0.25) is 0 Å². The molecule has 1 atom stereocenters. The number of nitrogens with zero attached hydrogens (tertiary/aromatic N) is 2. The molecule has 1 fully saturated rings. The predicted octanol–water partition coefficient (Wildman–Crippen LogP) is 1.27. The van der Waals surface area contributed by atoms with Crippen LogP contribution in [0.3, 0.4) is 0 Å². The summed E-state index contributed by atoms with van der Waals surface area (Å²) in [5.41, 5.74) is 5.03. The van der Waals surface area contributed by atoms with Crippen molar-refractivity contribution in [2.45, 2.75) is 24.5 Å². The Kier molecular flexibility index (Phi) is 3.19. The monoisotopic (exact) mass is 201 g/mol. The van der Waals surface area contributed by atoms with Crippen LogP contribution in [-0.4, -0.2) is 34.8 Å². The maximum Gasteiger partial charge on any atom is 0.334 e. The molecule has 1 rings (SSSR count). The Bertz CT molecular complexity index is 223. The van der Waals surface area contributed by atoms with Gasteiger partial charge in [0.2, 0.25) is 0 Å². The molecule has 1 saturated heterocycles. The number of rotatable bonds is 2. The summed E-state index contributed by atoms with van der Waals surface area (Å²) in [6.07, 6.45) is 4.15. The Labute approximate surface area is 82.5 Å². The molecule has 13 heavy (non-hydrogen) atoms. The number of thioether (sulfide) groups is 1. The van der Waals surface area contributed by atoms with Crippen LogP contribution in [0.5, 0.6) is 0 Å². The number of amides is 2. The minimum absolute atomic E-state index is 0.0870. The molecule has 0 aromatic carbocycles. The molecule has 74 valence electrons. The average molecular weight is 201 g/mol. The first-order valence-corrected chi connectivity index (χ1v) is 5.24. The molecule has 1 heterocycles. The van der Waals surface area contributed by atoms with Crippen molar-refractivity contribution in [3.8, 4) is 0 Å². The lowest BCUT2D eigenvalue weighted by Crippen LogP contribution is -2.29. The van der Waals surface area contributed by atoms with E-state index in [2.05, 4.69) is 12.0 Å².